The summed E-state index contributed by atoms with van der Waals surface area (Å²) in [5.74, 6) is 0.209. The summed E-state index contributed by atoms with van der Waals surface area (Å²) in [6.45, 7) is 8.49. The van der Waals surface area contributed by atoms with Crippen LogP contribution in [0.2, 0.25) is 0 Å². The van der Waals surface area contributed by atoms with Crippen LogP contribution in [0.1, 0.15) is 38.4 Å². The summed E-state index contributed by atoms with van der Waals surface area (Å²) in [6, 6.07) is 19.0. The van der Waals surface area contributed by atoms with E-state index in [-0.39, 0.29) is 5.78 Å². The number of Topliss-reactive ketones (excluding diaryl/α,β-unsaturated/α-hetero) is 1. The highest BCUT2D eigenvalue weighted by Gasteiger charge is 2.22. The Bertz CT molecular complexity index is 982. The van der Waals surface area contributed by atoms with E-state index in [0.29, 0.717) is 6.54 Å². The van der Waals surface area contributed by atoms with Crippen LogP contribution in [0.5, 0.6) is 0 Å². The van der Waals surface area contributed by atoms with Crippen molar-refractivity contribution in [1.29, 1.82) is 0 Å². The lowest BCUT2D eigenvalue weighted by molar-refractivity contribution is 0.0921. The number of benzene rings is 2. The number of hydrogen-bond donors (Lipinski definition) is 0. The van der Waals surface area contributed by atoms with Crippen LogP contribution in [0, 0.1) is 20.8 Å². The molecule has 27 heavy (non-hydrogen) atoms. The molecule has 4 rings (SSSR count). The highest BCUT2D eigenvalue weighted by molar-refractivity contribution is 5.99. The SMILES string of the molecule is Cc1ccc(-n2c(C)cc(C(=O)CN3CCc4ccccc4C3)c2C)cc1. The van der Waals surface area contributed by atoms with Gasteiger partial charge in [-0.05, 0) is 56.5 Å². The van der Waals surface area contributed by atoms with Gasteiger partial charge in [0.1, 0.15) is 0 Å². The Labute approximate surface area is 161 Å². The van der Waals surface area contributed by atoms with Crippen molar-refractivity contribution in [1.82, 2.24) is 9.47 Å². The summed E-state index contributed by atoms with van der Waals surface area (Å²) in [6.07, 6.45) is 1.02. The Balaban J connectivity index is 1.55. The predicted molar refractivity (Wildman–Crippen MR) is 110 cm³/mol. The van der Waals surface area contributed by atoms with Crippen molar-refractivity contribution in [3.8, 4) is 5.69 Å². The van der Waals surface area contributed by atoms with Crippen LogP contribution in [0.4, 0.5) is 0 Å². The molecule has 1 aromatic heterocycles. The molecular formula is C24H26N2O. The molecule has 0 saturated carbocycles. The van der Waals surface area contributed by atoms with E-state index in [1.54, 1.807) is 0 Å². The third-order valence-corrected chi connectivity index (χ3v) is 5.60. The molecule has 0 N–H and O–H groups in total. The zero-order valence-corrected chi connectivity index (χ0v) is 16.3. The van der Waals surface area contributed by atoms with Gasteiger partial charge in [-0.1, -0.05) is 42.0 Å². The summed E-state index contributed by atoms with van der Waals surface area (Å²) in [7, 11) is 0. The van der Waals surface area contributed by atoms with Gasteiger partial charge in [-0.3, -0.25) is 9.69 Å². The Hall–Kier alpha value is -2.65. The van der Waals surface area contributed by atoms with E-state index < -0.39 is 0 Å². The van der Waals surface area contributed by atoms with E-state index in [2.05, 4.69) is 71.8 Å². The molecule has 3 heteroatoms. The van der Waals surface area contributed by atoms with Gasteiger partial charge < -0.3 is 4.57 Å². The number of carbonyl (C=O) groups is 1. The lowest BCUT2D eigenvalue weighted by Gasteiger charge is -2.28. The third kappa shape index (κ3) is 3.47. The molecule has 0 spiro atoms. The van der Waals surface area contributed by atoms with Crippen LogP contribution in [0.25, 0.3) is 5.69 Å². The van der Waals surface area contributed by atoms with Crippen LogP contribution in [0.3, 0.4) is 0 Å². The maximum atomic E-state index is 13.0. The predicted octanol–water partition coefficient (Wildman–Crippen LogP) is 4.64. The maximum absolute atomic E-state index is 13.0. The molecule has 0 unspecified atom stereocenters. The molecule has 1 aliphatic heterocycles. The van der Waals surface area contributed by atoms with Gasteiger partial charge in [0.05, 0.1) is 6.54 Å². The van der Waals surface area contributed by atoms with Crippen LogP contribution in [-0.2, 0) is 13.0 Å². The molecule has 0 atom stereocenters. The third-order valence-electron chi connectivity index (χ3n) is 5.60. The number of aromatic nitrogens is 1. The van der Waals surface area contributed by atoms with Gasteiger partial charge in [-0.15, -0.1) is 0 Å². The van der Waals surface area contributed by atoms with Crippen molar-refractivity contribution >= 4 is 5.78 Å². The zero-order chi connectivity index (χ0) is 19.0. The fourth-order valence-electron chi connectivity index (χ4n) is 4.11. The number of fused-ring (bicyclic) bond motifs is 1. The first kappa shape index (κ1) is 17.7. The quantitative estimate of drug-likeness (QED) is 0.635. The molecule has 2 heterocycles. The number of aryl methyl sites for hydroxylation is 2. The van der Waals surface area contributed by atoms with Crippen LogP contribution >= 0.6 is 0 Å². The minimum Gasteiger partial charge on any atom is -0.318 e. The van der Waals surface area contributed by atoms with Crippen molar-refractivity contribution in [2.24, 2.45) is 0 Å². The molecule has 1 aliphatic rings. The lowest BCUT2D eigenvalue weighted by Crippen LogP contribution is -2.35. The van der Waals surface area contributed by atoms with Gasteiger partial charge in [0.15, 0.2) is 5.78 Å². The second-order valence-electron chi connectivity index (χ2n) is 7.61. The van der Waals surface area contributed by atoms with Crippen molar-refractivity contribution in [2.75, 3.05) is 13.1 Å². The summed E-state index contributed by atoms with van der Waals surface area (Å²) in [5.41, 5.74) is 8.08. The highest BCUT2D eigenvalue weighted by atomic mass is 16.1. The van der Waals surface area contributed by atoms with Gasteiger partial charge in [0.25, 0.3) is 0 Å². The van der Waals surface area contributed by atoms with Gasteiger partial charge in [0.2, 0.25) is 0 Å². The summed E-state index contributed by atoms with van der Waals surface area (Å²) >= 11 is 0. The molecule has 3 aromatic rings. The number of hydrogen-bond acceptors (Lipinski definition) is 2. The van der Waals surface area contributed by atoms with Crippen LogP contribution in [-0.4, -0.2) is 28.3 Å². The van der Waals surface area contributed by atoms with E-state index in [9.17, 15) is 4.79 Å². The van der Waals surface area contributed by atoms with E-state index in [1.807, 2.05) is 13.0 Å². The number of carbonyl (C=O) groups excluding carboxylic acids is 1. The Morgan fingerprint density at radius 2 is 1.67 bits per heavy atom. The zero-order valence-electron chi connectivity index (χ0n) is 16.3. The molecule has 0 amide bonds. The molecular weight excluding hydrogens is 332 g/mol. The van der Waals surface area contributed by atoms with Crippen molar-refractivity contribution in [3.05, 3.63) is 88.2 Å². The average Bonchev–Trinajstić information content (AvgIpc) is 2.97. The van der Waals surface area contributed by atoms with Gasteiger partial charge in [-0.2, -0.15) is 0 Å². The topological polar surface area (TPSA) is 25.2 Å². The second kappa shape index (κ2) is 7.16. The summed E-state index contributed by atoms with van der Waals surface area (Å²) < 4.78 is 2.18. The molecule has 0 bridgehead atoms. The average molecular weight is 358 g/mol. The first-order valence-electron chi connectivity index (χ1n) is 9.61. The molecule has 2 aromatic carbocycles. The summed E-state index contributed by atoms with van der Waals surface area (Å²) in [5, 5.41) is 0. The molecule has 0 aliphatic carbocycles. The van der Waals surface area contributed by atoms with Gasteiger partial charge in [0, 0.05) is 35.7 Å². The monoisotopic (exact) mass is 358 g/mol. The van der Waals surface area contributed by atoms with Crippen LogP contribution < -0.4 is 0 Å². The van der Waals surface area contributed by atoms with E-state index in [4.69, 9.17) is 0 Å². The minimum atomic E-state index is 0.209. The number of rotatable bonds is 4. The van der Waals surface area contributed by atoms with Crippen LogP contribution in [0.15, 0.2) is 54.6 Å². The normalized spacial score (nSPS) is 14.2. The second-order valence-corrected chi connectivity index (χ2v) is 7.61. The molecule has 138 valence electrons. The standard InChI is InChI=1S/C24H26N2O/c1-17-8-10-22(11-9-17)26-18(2)14-23(19(26)3)24(27)16-25-13-12-20-6-4-5-7-21(20)15-25/h4-11,14H,12-13,15-16H2,1-3H3. The number of nitrogens with zero attached hydrogens (tertiary/aromatic N) is 2. The first-order valence-corrected chi connectivity index (χ1v) is 9.61. The minimum absolute atomic E-state index is 0.209. The molecule has 0 radical (unpaired) electrons. The van der Waals surface area contributed by atoms with Crippen molar-refractivity contribution in [2.45, 2.75) is 33.7 Å². The highest BCUT2D eigenvalue weighted by Crippen LogP contribution is 2.23. The van der Waals surface area contributed by atoms with Crippen molar-refractivity contribution in [3.63, 3.8) is 0 Å². The van der Waals surface area contributed by atoms with E-state index in [1.165, 1.54) is 16.7 Å². The summed E-state index contributed by atoms with van der Waals surface area (Å²) in [4.78, 5) is 15.3. The van der Waals surface area contributed by atoms with Gasteiger partial charge in [-0.25, -0.2) is 0 Å². The number of ketones is 1. The molecule has 0 saturated heterocycles. The van der Waals surface area contributed by atoms with Gasteiger partial charge >= 0.3 is 0 Å². The molecule has 3 nitrogen and oxygen atoms in total. The Morgan fingerprint density at radius 1 is 0.963 bits per heavy atom. The Morgan fingerprint density at radius 3 is 2.41 bits per heavy atom. The lowest BCUT2D eigenvalue weighted by atomic mass is 9.99. The fraction of sp³-hybridized carbons (Fsp3) is 0.292. The Kier molecular flexibility index (Phi) is 4.71. The van der Waals surface area contributed by atoms with E-state index in [0.717, 1.165) is 42.1 Å². The van der Waals surface area contributed by atoms with Crippen molar-refractivity contribution < 1.29 is 4.79 Å². The maximum Gasteiger partial charge on any atom is 0.178 e. The molecule has 0 fully saturated rings. The smallest absolute Gasteiger partial charge is 0.178 e. The largest absolute Gasteiger partial charge is 0.318 e. The first-order chi connectivity index (χ1) is 13.0. The van der Waals surface area contributed by atoms with E-state index >= 15 is 0 Å². The fourth-order valence-corrected chi connectivity index (χ4v) is 4.11.